The molecule has 2 rings (SSSR count). The molecule has 0 spiro atoms. The molecule has 0 aliphatic heterocycles. The zero-order valence-electron chi connectivity index (χ0n) is 12.0. The van der Waals surface area contributed by atoms with Crippen LogP contribution in [0.5, 0.6) is 0 Å². The number of nitro benzene ring substituents is 1. The Kier molecular flexibility index (Phi) is 4.93. The van der Waals surface area contributed by atoms with Gasteiger partial charge in [-0.2, -0.15) is 0 Å². The van der Waals surface area contributed by atoms with Gasteiger partial charge in [-0.05, 0) is 31.4 Å². The summed E-state index contributed by atoms with van der Waals surface area (Å²) in [6, 6.07) is 8.93. The van der Waals surface area contributed by atoms with Crippen molar-refractivity contribution in [3.8, 4) is 0 Å². The molecule has 6 heteroatoms. The number of aliphatic hydroxyl groups is 1. The SMILES string of the molecule is CC(C)N(Cc1cccs1)c1ccc([N+](=O)[O-])cc1CO. The molecule has 0 fully saturated rings. The van der Waals surface area contributed by atoms with Crippen molar-refractivity contribution in [1.29, 1.82) is 0 Å². The predicted molar refractivity (Wildman–Crippen MR) is 84.7 cm³/mol. The molecule has 0 radical (unpaired) electrons. The van der Waals surface area contributed by atoms with Crippen molar-refractivity contribution in [1.82, 2.24) is 0 Å². The molecule has 0 aliphatic carbocycles. The van der Waals surface area contributed by atoms with Crippen molar-refractivity contribution in [3.05, 3.63) is 56.3 Å². The molecule has 2 aromatic rings. The Morgan fingerprint density at radius 3 is 2.67 bits per heavy atom. The van der Waals surface area contributed by atoms with E-state index in [0.29, 0.717) is 5.56 Å². The number of nitro groups is 1. The van der Waals surface area contributed by atoms with Crippen LogP contribution in [-0.4, -0.2) is 16.1 Å². The molecule has 1 aromatic carbocycles. The predicted octanol–water partition coefficient (Wildman–Crippen LogP) is 3.56. The van der Waals surface area contributed by atoms with Crippen molar-refractivity contribution in [2.24, 2.45) is 0 Å². The first-order chi connectivity index (χ1) is 10.0. The monoisotopic (exact) mass is 306 g/mol. The van der Waals surface area contributed by atoms with E-state index in [1.54, 1.807) is 17.4 Å². The summed E-state index contributed by atoms with van der Waals surface area (Å²) in [6.45, 7) is 4.64. The largest absolute Gasteiger partial charge is 0.392 e. The van der Waals surface area contributed by atoms with Crippen LogP contribution >= 0.6 is 11.3 Å². The van der Waals surface area contributed by atoms with Crippen LogP contribution in [0, 0.1) is 10.1 Å². The number of hydrogen-bond acceptors (Lipinski definition) is 5. The van der Waals surface area contributed by atoms with Gasteiger partial charge in [0, 0.05) is 34.3 Å². The van der Waals surface area contributed by atoms with E-state index in [0.717, 1.165) is 12.2 Å². The second-order valence-corrected chi connectivity index (χ2v) is 6.06. The van der Waals surface area contributed by atoms with Gasteiger partial charge in [0.15, 0.2) is 0 Å². The fourth-order valence-electron chi connectivity index (χ4n) is 2.21. The summed E-state index contributed by atoms with van der Waals surface area (Å²) in [5, 5.41) is 22.4. The van der Waals surface area contributed by atoms with Crippen molar-refractivity contribution >= 4 is 22.7 Å². The summed E-state index contributed by atoms with van der Waals surface area (Å²) in [4.78, 5) is 13.8. The first kappa shape index (κ1) is 15.5. The van der Waals surface area contributed by atoms with E-state index in [2.05, 4.69) is 24.8 Å². The molecule has 0 saturated heterocycles. The van der Waals surface area contributed by atoms with Crippen molar-refractivity contribution in [3.63, 3.8) is 0 Å². The fourth-order valence-corrected chi connectivity index (χ4v) is 2.91. The third kappa shape index (κ3) is 3.59. The summed E-state index contributed by atoms with van der Waals surface area (Å²) in [7, 11) is 0. The van der Waals surface area contributed by atoms with Crippen LogP contribution in [0.1, 0.15) is 24.3 Å². The Balaban J connectivity index is 2.37. The van der Waals surface area contributed by atoms with Gasteiger partial charge in [0.25, 0.3) is 5.69 Å². The fraction of sp³-hybridized carbons (Fsp3) is 0.333. The highest BCUT2D eigenvalue weighted by molar-refractivity contribution is 7.09. The second kappa shape index (κ2) is 6.69. The topological polar surface area (TPSA) is 66.6 Å². The lowest BCUT2D eigenvalue weighted by Gasteiger charge is -2.30. The number of benzene rings is 1. The van der Waals surface area contributed by atoms with E-state index in [4.69, 9.17) is 0 Å². The molecule has 0 atom stereocenters. The standard InChI is InChI=1S/C15H18N2O3S/c1-11(2)16(9-14-4-3-7-21-14)15-6-5-13(17(19)20)8-12(15)10-18/h3-8,11,18H,9-10H2,1-2H3. The third-order valence-corrected chi connectivity index (χ3v) is 4.14. The number of thiophene rings is 1. The smallest absolute Gasteiger partial charge is 0.269 e. The first-order valence-electron chi connectivity index (χ1n) is 6.70. The molecule has 1 aromatic heterocycles. The van der Waals surface area contributed by atoms with Crippen molar-refractivity contribution < 1.29 is 10.0 Å². The summed E-state index contributed by atoms with van der Waals surface area (Å²) in [5.41, 5.74) is 1.42. The molecule has 0 amide bonds. The number of nitrogens with zero attached hydrogens (tertiary/aromatic N) is 2. The number of aliphatic hydroxyl groups excluding tert-OH is 1. The van der Waals surface area contributed by atoms with Gasteiger partial charge in [0.05, 0.1) is 18.1 Å². The molecular formula is C15H18N2O3S. The molecule has 0 bridgehead atoms. The molecule has 5 nitrogen and oxygen atoms in total. The summed E-state index contributed by atoms with van der Waals surface area (Å²) in [6.07, 6.45) is 0. The van der Waals surface area contributed by atoms with Crippen LogP contribution in [0.15, 0.2) is 35.7 Å². The number of rotatable bonds is 6. The van der Waals surface area contributed by atoms with E-state index in [9.17, 15) is 15.2 Å². The lowest BCUT2D eigenvalue weighted by Crippen LogP contribution is -2.30. The van der Waals surface area contributed by atoms with E-state index >= 15 is 0 Å². The van der Waals surface area contributed by atoms with Crippen LogP contribution in [0.25, 0.3) is 0 Å². The summed E-state index contributed by atoms with van der Waals surface area (Å²) < 4.78 is 0. The van der Waals surface area contributed by atoms with E-state index in [-0.39, 0.29) is 18.3 Å². The molecule has 0 aliphatic rings. The highest BCUT2D eigenvalue weighted by Crippen LogP contribution is 2.29. The van der Waals surface area contributed by atoms with Gasteiger partial charge in [-0.1, -0.05) is 6.07 Å². The Labute approximate surface area is 127 Å². The Morgan fingerprint density at radius 2 is 2.14 bits per heavy atom. The maximum absolute atomic E-state index is 10.9. The van der Waals surface area contributed by atoms with Crippen molar-refractivity contribution in [2.75, 3.05) is 4.90 Å². The number of hydrogen-bond donors (Lipinski definition) is 1. The van der Waals surface area contributed by atoms with Gasteiger partial charge in [0.1, 0.15) is 0 Å². The lowest BCUT2D eigenvalue weighted by atomic mass is 10.1. The van der Waals surface area contributed by atoms with Gasteiger partial charge >= 0.3 is 0 Å². The van der Waals surface area contributed by atoms with Crippen LogP contribution in [0.4, 0.5) is 11.4 Å². The first-order valence-corrected chi connectivity index (χ1v) is 7.58. The maximum atomic E-state index is 10.9. The molecular weight excluding hydrogens is 288 g/mol. The summed E-state index contributed by atoms with van der Waals surface area (Å²) >= 11 is 1.67. The van der Waals surface area contributed by atoms with Gasteiger partial charge in [0.2, 0.25) is 0 Å². The van der Waals surface area contributed by atoms with Crippen LogP contribution in [0.2, 0.25) is 0 Å². The molecule has 112 valence electrons. The van der Waals surface area contributed by atoms with Gasteiger partial charge in [-0.15, -0.1) is 11.3 Å². The van der Waals surface area contributed by atoms with Crippen LogP contribution in [-0.2, 0) is 13.2 Å². The maximum Gasteiger partial charge on any atom is 0.269 e. The average molecular weight is 306 g/mol. The second-order valence-electron chi connectivity index (χ2n) is 5.03. The zero-order valence-corrected chi connectivity index (χ0v) is 12.8. The zero-order chi connectivity index (χ0) is 15.4. The quantitative estimate of drug-likeness (QED) is 0.654. The van der Waals surface area contributed by atoms with Crippen LogP contribution < -0.4 is 4.90 Å². The molecule has 1 heterocycles. The average Bonchev–Trinajstić information content (AvgIpc) is 2.96. The minimum absolute atomic E-state index is 0.00243. The minimum Gasteiger partial charge on any atom is -0.392 e. The molecule has 0 saturated carbocycles. The molecule has 21 heavy (non-hydrogen) atoms. The van der Waals surface area contributed by atoms with E-state index in [1.807, 2.05) is 11.4 Å². The van der Waals surface area contributed by atoms with E-state index in [1.165, 1.54) is 17.0 Å². The normalized spacial score (nSPS) is 10.9. The van der Waals surface area contributed by atoms with Crippen molar-refractivity contribution in [2.45, 2.75) is 33.0 Å². The lowest BCUT2D eigenvalue weighted by molar-refractivity contribution is -0.384. The van der Waals surface area contributed by atoms with Crippen LogP contribution in [0.3, 0.4) is 0 Å². The number of non-ortho nitro benzene ring substituents is 1. The Bertz CT molecular complexity index is 611. The Morgan fingerprint density at radius 1 is 1.38 bits per heavy atom. The third-order valence-electron chi connectivity index (χ3n) is 3.28. The van der Waals surface area contributed by atoms with Gasteiger partial charge < -0.3 is 10.0 Å². The summed E-state index contributed by atoms with van der Waals surface area (Å²) in [5.74, 6) is 0. The number of anilines is 1. The van der Waals surface area contributed by atoms with E-state index < -0.39 is 4.92 Å². The Hall–Kier alpha value is -1.92. The van der Waals surface area contributed by atoms with Gasteiger partial charge in [-0.25, -0.2) is 0 Å². The highest BCUT2D eigenvalue weighted by atomic mass is 32.1. The highest BCUT2D eigenvalue weighted by Gasteiger charge is 2.18. The molecule has 0 unspecified atom stereocenters. The van der Waals surface area contributed by atoms with Gasteiger partial charge in [-0.3, -0.25) is 10.1 Å². The minimum atomic E-state index is -0.443. The molecule has 1 N–H and O–H groups in total.